The predicted octanol–water partition coefficient (Wildman–Crippen LogP) is 14.1. The average molecular weight is 645 g/mol. The first-order valence-corrected chi connectivity index (χ1v) is 20.5. The molecule has 9 rings (SSSR count). The van der Waals surface area contributed by atoms with Gasteiger partial charge in [0.05, 0.1) is 0 Å². The minimum Gasteiger partial charge on any atom is -0.0683 e. The van der Waals surface area contributed by atoms with Crippen LogP contribution < -0.4 is 0 Å². The van der Waals surface area contributed by atoms with Crippen LogP contribution in [0.3, 0.4) is 0 Å². The van der Waals surface area contributed by atoms with Gasteiger partial charge in [-0.3, -0.25) is 0 Å². The molecule has 0 radical (unpaired) electrons. The second-order valence-corrected chi connectivity index (χ2v) is 13.8. The largest absolute Gasteiger partial charge is 0.0683 e. The van der Waals surface area contributed by atoms with Gasteiger partial charge in [0.2, 0.25) is 0 Å². The fourth-order valence-electron chi connectivity index (χ4n) is 9.07. The zero-order chi connectivity index (χ0) is 34.1. The first-order valence-electron chi connectivity index (χ1n) is 20.5. The topological polar surface area (TPSA) is 0 Å². The van der Waals surface area contributed by atoms with E-state index in [0.717, 1.165) is 11.8 Å². The zero-order valence-electron chi connectivity index (χ0n) is 31.8. The molecule has 0 amide bonds. The standard InChI is InChI=1S/2C14H18.C14H14.3C2H6/c3*1-3-7-13-11(5-1)9-10-12-6-2-4-8-14(12)13;3*1-2/h9-10H,1-8H2;1,3,5,7,12,14H,2,4,6,8-10H2;1,3,5,7,9-10H,2,4,6,8H2;3*1-2H3. The van der Waals surface area contributed by atoms with Gasteiger partial charge in [-0.05, 0) is 170 Å². The molecule has 0 spiro atoms. The van der Waals surface area contributed by atoms with Crippen molar-refractivity contribution < 1.29 is 0 Å². The number of fused-ring (bicyclic) bond motifs is 9. The Morgan fingerprint density at radius 1 is 0.375 bits per heavy atom. The van der Waals surface area contributed by atoms with E-state index in [0.29, 0.717) is 0 Å². The normalized spacial score (nSPS) is 19.6. The number of benzene rings is 4. The van der Waals surface area contributed by atoms with Crippen LogP contribution in [0.4, 0.5) is 0 Å². The summed E-state index contributed by atoms with van der Waals surface area (Å²) in [4.78, 5) is 0. The van der Waals surface area contributed by atoms with Crippen molar-refractivity contribution >= 4 is 10.8 Å². The van der Waals surface area contributed by atoms with Crippen LogP contribution in [0.5, 0.6) is 0 Å². The Hall–Kier alpha value is -2.86. The molecule has 2 unspecified atom stereocenters. The Morgan fingerprint density at radius 3 is 1.54 bits per heavy atom. The molecule has 1 fully saturated rings. The van der Waals surface area contributed by atoms with Gasteiger partial charge in [0.15, 0.2) is 0 Å². The van der Waals surface area contributed by atoms with E-state index in [-0.39, 0.29) is 0 Å². The van der Waals surface area contributed by atoms with Crippen molar-refractivity contribution in [1.29, 1.82) is 0 Å². The lowest BCUT2D eigenvalue weighted by Gasteiger charge is -2.37. The summed E-state index contributed by atoms with van der Waals surface area (Å²) < 4.78 is 0. The molecule has 0 aliphatic heterocycles. The maximum absolute atomic E-state index is 2.40. The minimum absolute atomic E-state index is 0.911. The van der Waals surface area contributed by atoms with E-state index in [1.165, 1.54) is 126 Å². The molecule has 260 valence electrons. The first kappa shape index (κ1) is 38.0. The van der Waals surface area contributed by atoms with Gasteiger partial charge in [0.1, 0.15) is 0 Å². The highest BCUT2D eigenvalue weighted by molar-refractivity contribution is 5.87. The lowest BCUT2D eigenvalue weighted by Crippen LogP contribution is -2.23. The molecular weight excluding hydrogens is 577 g/mol. The molecule has 2 atom stereocenters. The molecule has 48 heavy (non-hydrogen) atoms. The predicted molar refractivity (Wildman–Crippen MR) is 214 cm³/mol. The van der Waals surface area contributed by atoms with Crippen molar-refractivity contribution in [1.82, 2.24) is 0 Å². The van der Waals surface area contributed by atoms with Gasteiger partial charge >= 0.3 is 0 Å². The summed E-state index contributed by atoms with van der Waals surface area (Å²) in [6, 6.07) is 27.3. The van der Waals surface area contributed by atoms with Gasteiger partial charge in [0, 0.05) is 0 Å². The van der Waals surface area contributed by atoms with Crippen molar-refractivity contribution in [3.63, 3.8) is 0 Å². The van der Waals surface area contributed by atoms with E-state index < -0.39 is 0 Å². The van der Waals surface area contributed by atoms with Crippen LogP contribution in [-0.2, 0) is 44.9 Å². The Bertz CT molecular complexity index is 1470. The van der Waals surface area contributed by atoms with Crippen LogP contribution in [0.1, 0.15) is 163 Å². The van der Waals surface area contributed by atoms with Gasteiger partial charge < -0.3 is 0 Å². The highest BCUT2D eigenvalue weighted by Crippen LogP contribution is 2.44. The Labute approximate surface area is 296 Å². The maximum atomic E-state index is 2.40. The highest BCUT2D eigenvalue weighted by Gasteiger charge is 2.30. The summed E-state index contributed by atoms with van der Waals surface area (Å²) in [6.07, 6.45) is 25.0. The first-order chi connectivity index (χ1) is 23.8. The fraction of sp³-hybridized carbons (Fsp3) is 0.542. The highest BCUT2D eigenvalue weighted by atomic mass is 14.4. The molecule has 0 N–H and O–H groups in total. The van der Waals surface area contributed by atoms with Crippen LogP contribution in [0, 0.1) is 5.92 Å². The van der Waals surface area contributed by atoms with Crippen LogP contribution in [0.15, 0.2) is 72.8 Å². The Balaban J connectivity index is 0.000000151. The summed E-state index contributed by atoms with van der Waals surface area (Å²) in [5.41, 5.74) is 13.3. The van der Waals surface area contributed by atoms with E-state index in [9.17, 15) is 0 Å². The molecule has 0 heterocycles. The molecule has 0 bridgehead atoms. The quantitative estimate of drug-likeness (QED) is 0.179. The summed E-state index contributed by atoms with van der Waals surface area (Å²) in [7, 11) is 0. The molecule has 0 heteroatoms. The smallest absolute Gasteiger partial charge is 0.0131 e. The molecule has 4 aromatic carbocycles. The third-order valence-electron chi connectivity index (χ3n) is 11.3. The maximum Gasteiger partial charge on any atom is -0.0131 e. The molecule has 5 aliphatic rings. The third-order valence-corrected chi connectivity index (χ3v) is 11.3. The molecule has 0 aromatic heterocycles. The van der Waals surface area contributed by atoms with Crippen LogP contribution >= 0.6 is 0 Å². The fourth-order valence-corrected chi connectivity index (χ4v) is 9.07. The van der Waals surface area contributed by atoms with Crippen LogP contribution in [0.2, 0.25) is 0 Å². The minimum atomic E-state index is 0.911. The summed E-state index contributed by atoms with van der Waals surface area (Å²) in [6.45, 7) is 12.0. The SMILES string of the molecule is CC.CC.CC.c1cc2c(c3c1CCCC3)CCCC2.c1ccc2c(c1)CCC1CCCCC21.c1ccc2c3c(ccc2c1)CCCC3. The second-order valence-electron chi connectivity index (χ2n) is 13.8. The van der Waals surface area contributed by atoms with Crippen molar-refractivity contribution in [2.75, 3.05) is 0 Å². The van der Waals surface area contributed by atoms with E-state index >= 15 is 0 Å². The van der Waals surface area contributed by atoms with Crippen molar-refractivity contribution in [2.24, 2.45) is 5.92 Å². The van der Waals surface area contributed by atoms with Gasteiger partial charge in [-0.2, -0.15) is 0 Å². The Kier molecular flexibility index (Phi) is 16.3. The third kappa shape index (κ3) is 9.43. The monoisotopic (exact) mass is 645 g/mol. The lowest BCUT2D eigenvalue weighted by molar-refractivity contribution is 0.275. The van der Waals surface area contributed by atoms with E-state index in [1.807, 2.05) is 41.5 Å². The molecule has 4 aromatic rings. The Morgan fingerprint density at radius 2 is 0.875 bits per heavy atom. The number of aryl methyl sites for hydroxylation is 5. The van der Waals surface area contributed by atoms with Crippen molar-refractivity contribution in [3.8, 4) is 0 Å². The number of hydrogen-bond donors (Lipinski definition) is 0. The van der Waals surface area contributed by atoms with Crippen LogP contribution in [-0.4, -0.2) is 0 Å². The molecule has 0 saturated heterocycles. The summed E-state index contributed by atoms with van der Waals surface area (Å²) >= 11 is 0. The number of hydrogen-bond acceptors (Lipinski definition) is 0. The summed E-state index contributed by atoms with van der Waals surface area (Å²) in [5, 5.41) is 2.87. The van der Waals surface area contributed by atoms with Gasteiger partial charge in [-0.15, -0.1) is 0 Å². The molecular formula is C48H68. The zero-order valence-corrected chi connectivity index (χ0v) is 31.8. The van der Waals surface area contributed by atoms with Crippen molar-refractivity contribution in [2.45, 2.75) is 163 Å². The van der Waals surface area contributed by atoms with E-state index in [2.05, 4.69) is 72.8 Å². The van der Waals surface area contributed by atoms with E-state index in [1.54, 1.807) is 44.5 Å². The average Bonchev–Trinajstić information content (AvgIpc) is 3.20. The van der Waals surface area contributed by atoms with Gasteiger partial charge in [-0.1, -0.05) is 127 Å². The van der Waals surface area contributed by atoms with E-state index in [4.69, 9.17) is 0 Å². The van der Waals surface area contributed by atoms with Gasteiger partial charge in [-0.25, -0.2) is 0 Å². The van der Waals surface area contributed by atoms with Gasteiger partial charge in [0.25, 0.3) is 0 Å². The summed E-state index contributed by atoms with van der Waals surface area (Å²) in [5.74, 6) is 1.92. The molecule has 0 nitrogen and oxygen atoms in total. The van der Waals surface area contributed by atoms with Crippen LogP contribution in [0.25, 0.3) is 10.8 Å². The molecule has 5 aliphatic carbocycles. The second kappa shape index (κ2) is 20.6. The molecule has 1 saturated carbocycles. The lowest BCUT2D eigenvalue weighted by atomic mass is 9.68. The van der Waals surface area contributed by atoms with Crippen molar-refractivity contribution in [3.05, 3.63) is 117 Å². The number of rotatable bonds is 0.